The lowest BCUT2D eigenvalue weighted by atomic mass is 10.3. The Morgan fingerprint density at radius 2 is 2.33 bits per heavy atom. The molecule has 78 valence electrons. The van der Waals surface area contributed by atoms with E-state index in [1.807, 2.05) is 24.5 Å². The SMILES string of the molecule is COc1ccc2nc(C(=N)SC)sc2c1. The highest BCUT2D eigenvalue weighted by Gasteiger charge is 2.08. The second-order valence-electron chi connectivity index (χ2n) is 2.89. The summed E-state index contributed by atoms with van der Waals surface area (Å²) >= 11 is 2.93. The molecule has 2 aromatic rings. The molecule has 0 amide bonds. The maximum Gasteiger partial charge on any atom is 0.148 e. The number of hydrogen-bond acceptors (Lipinski definition) is 5. The number of thioether (sulfide) groups is 1. The summed E-state index contributed by atoms with van der Waals surface area (Å²) in [5.74, 6) is 0.827. The summed E-state index contributed by atoms with van der Waals surface area (Å²) in [4.78, 5) is 4.38. The molecule has 0 saturated carbocycles. The van der Waals surface area contributed by atoms with Crippen LogP contribution in [-0.4, -0.2) is 23.4 Å². The zero-order valence-corrected chi connectivity index (χ0v) is 10.0. The van der Waals surface area contributed by atoms with Crippen LogP contribution in [0.1, 0.15) is 5.01 Å². The van der Waals surface area contributed by atoms with Gasteiger partial charge in [-0.15, -0.1) is 23.1 Å². The van der Waals surface area contributed by atoms with Crippen molar-refractivity contribution in [3.8, 4) is 5.75 Å². The molecule has 1 aromatic heterocycles. The minimum atomic E-state index is 0.509. The zero-order valence-electron chi connectivity index (χ0n) is 8.40. The van der Waals surface area contributed by atoms with Crippen LogP contribution in [0.5, 0.6) is 5.75 Å². The van der Waals surface area contributed by atoms with Crippen LogP contribution in [0.3, 0.4) is 0 Å². The number of nitrogens with one attached hydrogen (secondary N) is 1. The topological polar surface area (TPSA) is 46.0 Å². The van der Waals surface area contributed by atoms with Gasteiger partial charge in [0.15, 0.2) is 0 Å². The Balaban J connectivity index is 2.51. The van der Waals surface area contributed by atoms with Gasteiger partial charge in [-0.1, -0.05) is 0 Å². The maximum absolute atomic E-state index is 7.69. The van der Waals surface area contributed by atoms with E-state index in [1.165, 1.54) is 23.1 Å². The Morgan fingerprint density at radius 3 is 3.00 bits per heavy atom. The molecule has 5 heteroatoms. The summed E-state index contributed by atoms with van der Waals surface area (Å²) in [5, 5.41) is 8.97. The predicted octanol–water partition coefficient (Wildman–Crippen LogP) is 2.99. The fourth-order valence-electron chi connectivity index (χ4n) is 1.22. The lowest BCUT2D eigenvalue weighted by Crippen LogP contribution is -1.89. The Labute approximate surface area is 96.0 Å². The molecule has 0 aliphatic heterocycles. The van der Waals surface area contributed by atoms with Crippen LogP contribution >= 0.6 is 23.1 Å². The summed E-state index contributed by atoms with van der Waals surface area (Å²) in [6.07, 6.45) is 1.88. The highest BCUT2D eigenvalue weighted by atomic mass is 32.2. The largest absolute Gasteiger partial charge is 0.497 e. The van der Waals surface area contributed by atoms with Crippen LogP contribution in [0.2, 0.25) is 0 Å². The summed E-state index contributed by atoms with van der Waals surface area (Å²) in [6, 6.07) is 5.75. The van der Waals surface area contributed by atoms with Crippen molar-refractivity contribution in [2.75, 3.05) is 13.4 Å². The van der Waals surface area contributed by atoms with Crippen molar-refractivity contribution in [2.24, 2.45) is 0 Å². The first kappa shape index (κ1) is 10.4. The lowest BCUT2D eigenvalue weighted by Gasteiger charge is -1.96. The van der Waals surface area contributed by atoms with Gasteiger partial charge in [-0.05, 0) is 24.5 Å². The molecule has 1 heterocycles. The quantitative estimate of drug-likeness (QED) is 0.646. The van der Waals surface area contributed by atoms with E-state index in [9.17, 15) is 0 Å². The summed E-state index contributed by atoms with van der Waals surface area (Å²) in [6.45, 7) is 0. The van der Waals surface area contributed by atoms with Crippen LogP contribution < -0.4 is 4.74 Å². The average Bonchev–Trinajstić information content (AvgIpc) is 2.70. The molecule has 3 nitrogen and oxygen atoms in total. The highest BCUT2D eigenvalue weighted by Crippen LogP contribution is 2.27. The number of aromatic nitrogens is 1. The van der Waals surface area contributed by atoms with Crippen molar-refractivity contribution in [3.05, 3.63) is 23.2 Å². The molecular formula is C10H10N2OS2. The Hall–Kier alpha value is -1.07. The lowest BCUT2D eigenvalue weighted by molar-refractivity contribution is 0.415. The molecule has 1 aromatic carbocycles. The molecule has 0 unspecified atom stereocenters. The van der Waals surface area contributed by atoms with E-state index in [0.717, 1.165) is 21.0 Å². The third-order valence-electron chi connectivity index (χ3n) is 1.99. The molecule has 0 bridgehead atoms. The van der Waals surface area contributed by atoms with E-state index in [0.29, 0.717) is 5.04 Å². The predicted molar refractivity (Wildman–Crippen MR) is 66.5 cm³/mol. The molecular weight excluding hydrogens is 228 g/mol. The first-order valence-electron chi connectivity index (χ1n) is 4.32. The van der Waals surface area contributed by atoms with E-state index >= 15 is 0 Å². The van der Waals surface area contributed by atoms with Gasteiger partial charge in [-0.2, -0.15) is 0 Å². The van der Waals surface area contributed by atoms with Gasteiger partial charge in [0, 0.05) is 0 Å². The van der Waals surface area contributed by atoms with Crippen LogP contribution in [0.4, 0.5) is 0 Å². The number of thiazole rings is 1. The van der Waals surface area contributed by atoms with E-state index in [4.69, 9.17) is 10.1 Å². The van der Waals surface area contributed by atoms with Crippen molar-refractivity contribution in [1.82, 2.24) is 4.98 Å². The van der Waals surface area contributed by atoms with Gasteiger partial charge in [0.1, 0.15) is 15.8 Å². The first-order valence-corrected chi connectivity index (χ1v) is 6.36. The number of fused-ring (bicyclic) bond motifs is 1. The van der Waals surface area contributed by atoms with Crippen LogP contribution in [0.25, 0.3) is 10.2 Å². The maximum atomic E-state index is 7.69. The molecule has 0 spiro atoms. The molecule has 0 aliphatic carbocycles. The zero-order chi connectivity index (χ0) is 10.8. The molecule has 15 heavy (non-hydrogen) atoms. The van der Waals surface area contributed by atoms with Crippen molar-refractivity contribution < 1.29 is 4.74 Å². The average molecular weight is 238 g/mol. The first-order chi connectivity index (χ1) is 7.24. The fraction of sp³-hybridized carbons (Fsp3) is 0.200. The van der Waals surface area contributed by atoms with Crippen molar-refractivity contribution >= 4 is 38.4 Å². The second kappa shape index (κ2) is 4.20. The van der Waals surface area contributed by atoms with E-state index < -0.39 is 0 Å². The van der Waals surface area contributed by atoms with Gasteiger partial charge in [-0.3, -0.25) is 5.41 Å². The van der Waals surface area contributed by atoms with Crippen molar-refractivity contribution in [2.45, 2.75) is 0 Å². The Kier molecular flexibility index (Phi) is 2.93. The molecule has 0 radical (unpaired) electrons. The minimum absolute atomic E-state index is 0.509. The van der Waals surface area contributed by atoms with Crippen LogP contribution in [0, 0.1) is 5.41 Å². The normalized spacial score (nSPS) is 10.5. The van der Waals surface area contributed by atoms with Gasteiger partial charge in [-0.25, -0.2) is 4.98 Å². The molecule has 0 fully saturated rings. The van der Waals surface area contributed by atoms with Crippen molar-refractivity contribution in [1.29, 1.82) is 5.41 Å². The number of hydrogen-bond donors (Lipinski definition) is 1. The summed E-state index contributed by atoms with van der Waals surface area (Å²) < 4.78 is 6.20. The molecule has 2 rings (SSSR count). The van der Waals surface area contributed by atoms with Gasteiger partial charge >= 0.3 is 0 Å². The number of ether oxygens (including phenoxy) is 1. The number of nitrogens with zero attached hydrogens (tertiary/aromatic N) is 1. The van der Waals surface area contributed by atoms with Gasteiger partial charge in [0.2, 0.25) is 0 Å². The molecule has 0 atom stereocenters. The number of benzene rings is 1. The van der Waals surface area contributed by atoms with Crippen molar-refractivity contribution in [3.63, 3.8) is 0 Å². The Morgan fingerprint density at radius 1 is 1.53 bits per heavy atom. The van der Waals surface area contributed by atoms with Gasteiger partial charge in [0.05, 0.1) is 17.3 Å². The van der Waals surface area contributed by atoms with Crippen LogP contribution in [-0.2, 0) is 0 Å². The van der Waals surface area contributed by atoms with E-state index in [2.05, 4.69) is 4.98 Å². The number of rotatable bonds is 2. The summed E-state index contributed by atoms with van der Waals surface area (Å²) in [5.41, 5.74) is 0.926. The van der Waals surface area contributed by atoms with Crippen LogP contribution in [0.15, 0.2) is 18.2 Å². The number of methoxy groups -OCH3 is 1. The minimum Gasteiger partial charge on any atom is -0.497 e. The third-order valence-corrected chi connectivity index (χ3v) is 3.76. The standard InChI is InChI=1S/C10H10N2OS2/c1-13-6-3-4-7-8(5-6)15-10(12-7)9(11)14-2/h3-5,11H,1-2H3. The van der Waals surface area contributed by atoms with E-state index in [1.54, 1.807) is 7.11 Å². The fourth-order valence-corrected chi connectivity index (χ4v) is 2.65. The molecule has 1 N–H and O–H groups in total. The van der Waals surface area contributed by atoms with Gasteiger partial charge < -0.3 is 4.74 Å². The monoisotopic (exact) mass is 238 g/mol. The molecule has 0 aliphatic rings. The summed E-state index contributed by atoms with van der Waals surface area (Å²) in [7, 11) is 1.65. The van der Waals surface area contributed by atoms with Gasteiger partial charge in [0.25, 0.3) is 0 Å². The Bertz CT molecular complexity index is 507. The third kappa shape index (κ3) is 1.98. The molecule has 0 saturated heterocycles. The second-order valence-corrected chi connectivity index (χ2v) is 4.73. The smallest absolute Gasteiger partial charge is 0.148 e. The highest BCUT2D eigenvalue weighted by molar-refractivity contribution is 8.14. The van der Waals surface area contributed by atoms with E-state index in [-0.39, 0.29) is 0 Å².